The first-order chi connectivity index (χ1) is 5.80. The summed E-state index contributed by atoms with van der Waals surface area (Å²) in [5, 5.41) is 5.66. The molecule has 0 aromatic heterocycles. The van der Waals surface area contributed by atoms with Crippen molar-refractivity contribution in [2.45, 2.75) is 27.7 Å². The summed E-state index contributed by atoms with van der Waals surface area (Å²) in [6, 6.07) is 0. The van der Waals surface area contributed by atoms with Crippen molar-refractivity contribution in [1.82, 2.24) is 5.01 Å². The molecule has 0 unspecified atom stereocenters. The van der Waals surface area contributed by atoms with Crippen LogP contribution >= 0.6 is 0 Å². The van der Waals surface area contributed by atoms with Crippen LogP contribution in [0.5, 0.6) is 0 Å². The van der Waals surface area contributed by atoms with Gasteiger partial charge in [-0.3, -0.25) is 5.01 Å². The monoisotopic (exact) mass is 180 g/mol. The molecule has 1 aliphatic rings. The van der Waals surface area contributed by atoms with Crippen LogP contribution in [-0.2, 0) is 0 Å². The van der Waals surface area contributed by atoms with Gasteiger partial charge in [0.15, 0.2) is 0 Å². The fourth-order valence-electron chi connectivity index (χ4n) is 0.475. The topological polar surface area (TPSA) is 15.6 Å². The Morgan fingerprint density at radius 3 is 2.00 bits per heavy atom. The van der Waals surface area contributed by atoms with Crippen LogP contribution in [0.1, 0.15) is 27.7 Å². The number of likely N-dealkylation sites (N-methyl/N-ethyl adjacent to an activating group) is 1. The van der Waals surface area contributed by atoms with E-state index in [2.05, 4.69) is 39.4 Å². The van der Waals surface area contributed by atoms with Gasteiger partial charge in [-0.2, -0.15) is 5.10 Å². The zero-order valence-corrected chi connectivity index (χ0v) is 9.33. The molecule has 0 fully saturated rings. The van der Waals surface area contributed by atoms with Gasteiger partial charge in [-0.1, -0.05) is 34.3 Å². The lowest BCUT2D eigenvalue weighted by atomic mass is 10.0. The lowest BCUT2D eigenvalue weighted by Gasteiger charge is -2.13. The van der Waals surface area contributed by atoms with Gasteiger partial charge in [0.2, 0.25) is 0 Å². The average Bonchev–Trinajstić information content (AvgIpc) is 1.92. The Hall–Kier alpha value is -1.05. The standard InChI is InChI=1S/C6H8N2.C5H12/c1-6-4-3-5-7-8(6)2;1-5(2,3)4/h3-5H,1H2,2H3;1-4H3. The second-order valence-electron chi connectivity index (χ2n) is 4.64. The minimum absolute atomic E-state index is 0.500. The number of allylic oxidation sites excluding steroid dienone is 2. The van der Waals surface area contributed by atoms with Crippen molar-refractivity contribution >= 4 is 6.21 Å². The maximum atomic E-state index is 3.93. The minimum atomic E-state index is 0.500. The molecule has 2 nitrogen and oxygen atoms in total. The normalized spacial score (nSPS) is 15.5. The third-order valence-electron chi connectivity index (χ3n) is 1.03. The fraction of sp³-hybridized carbons (Fsp3) is 0.545. The van der Waals surface area contributed by atoms with Crippen molar-refractivity contribution in [3.8, 4) is 0 Å². The summed E-state index contributed by atoms with van der Waals surface area (Å²) in [6.45, 7) is 12.5. The Morgan fingerprint density at radius 1 is 1.31 bits per heavy atom. The van der Waals surface area contributed by atoms with Gasteiger partial charge < -0.3 is 0 Å². The second-order valence-corrected chi connectivity index (χ2v) is 4.64. The average molecular weight is 180 g/mol. The molecule has 1 aliphatic heterocycles. The summed E-state index contributed by atoms with van der Waals surface area (Å²) in [6.07, 6.45) is 5.50. The van der Waals surface area contributed by atoms with E-state index in [1.54, 1.807) is 11.2 Å². The predicted octanol–water partition coefficient (Wildman–Crippen LogP) is 3.04. The first-order valence-electron chi connectivity index (χ1n) is 4.44. The molecule has 1 rings (SSSR count). The lowest BCUT2D eigenvalue weighted by Crippen LogP contribution is -2.09. The summed E-state index contributed by atoms with van der Waals surface area (Å²) in [4.78, 5) is 0. The predicted molar refractivity (Wildman–Crippen MR) is 59.7 cm³/mol. The van der Waals surface area contributed by atoms with E-state index in [9.17, 15) is 0 Å². The van der Waals surface area contributed by atoms with Gasteiger partial charge in [0, 0.05) is 13.3 Å². The number of hydrazone groups is 1. The van der Waals surface area contributed by atoms with Gasteiger partial charge >= 0.3 is 0 Å². The maximum absolute atomic E-state index is 3.93. The van der Waals surface area contributed by atoms with Crippen molar-refractivity contribution in [3.05, 3.63) is 24.4 Å². The molecule has 0 aromatic carbocycles. The Kier molecular flexibility index (Phi) is 4.46. The zero-order valence-electron chi connectivity index (χ0n) is 9.33. The molecule has 13 heavy (non-hydrogen) atoms. The molecule has 0 saturated heterocycles. The number of rotatable bonds is 0. The largest absolute Gasteiger partial charge is 0.269 e. The summed E-state index contributed by atoms with van der Waals surface area (Å²) in [5.41, 5.74) is 1.42. The summed E-state index contributed by atoms with van der Waals surface area (Å²) in [7, 11) is 1.86. The number of hydrogen-bond donors (Lipinski definition) is 0. The van der Waals surface area contributed by atoms with Crippen LogP contribution in [0.15, 0.2) is 29.5 Å². The Labute approximate surface area is 81.6 Å². The van der Waals surface area contributed by atoms with Crippen molar-refractivity contribution in [3.63, 3.8) is 0 Å². The highest BCUT2D eigenvalue weighted by Crippen LogP contribution is 2.08. The molecule has 0 N–H and O–H groups in total. The highest BCUT2D eigenvalue weighted by atomic mass is 15.4. The molecule has 0 amide bonds. The van der Waals surface area contributed by atoms with Gasteiger partial charge in [0.25, 0.3) is 0 Å². The molecule has 0 saturated carbocycles. The van der Waals surface area contributed by atoms with Crippen LogP contribution in [0.4, 0.5) is 0 Å². The third-order valence-corrected chi connectivity index (χ3v) is 1.03. The minimum Gasteiger partial charge on any atom is -0.269 e. The van der Waals surface area contributed by atoms with Crippen LogP contribution in [0.25, 0.3) is 0 Å². The SMILES string of the molecule is C=C1C=CC=NN1C.CC(C)(C)C. The van der Waals surface area contributed by atoms with Crippen LogP contribution in [0, 0.1) is 5.41 Å². The zero-order chi connectivity index (χ0) is 10.5. The molecule has 1 heterocycles. The van der Waals surface area contributed by atoms with Crippen LogP contribution in [-0.4, -0.2) is 18.3 Å². The molecule has 0 radical (unpaired) electrons. The van der Waals surface area contributed by atoms with Crippen molar-refractivity contribution in [2.24, 2.45) is 10.5 Å². The van der Waals surface area contributed by atoms with Gasteiger partial charge in [-0.25, -0.2) is 0 Å². The lowest BCUT2D eigenvalue weighted by molar-refractivity contribution is 0.463. The molecule has 0 aliphatic carbocycles. The van der Waals surface area contributed by atoms with Gasteiger partial charge in [0.1, 0.15) is 0 Å². The third kappa shape index (κ3) is 8.86. The van der Waals surface area contributed by atoms with Gasteiger partial charge in [-0.15, -0.1) is 0 Å². The fourth-order valence-corrected chi connectivity index (χ4v) is 0.475. The molecule has 0 atom stereocenters. The van der Waals surface area contributed by atoms with Crippen molar-refractivity contribution in [2.75, 3.05) is 7.05 Å². The number of nitrogens with zero attached hydrogens (tertiary/aromatic N) is 2. The molecule has 74 valence electrons. The van der Waals surface area contributed by atoms with Crippen LogP contribution < -0.4 is 0 Å². The molecule has 0 bridgehead atoms. The Bertz CT molecular complexity index is 213. The van der Waals surface area contributed by atoms with E-state index in [0.717, 1.165) is 5.70 Å². The molecule has 0 spiro atoms. The summed E-state index contributed by atoms with van der Waals surface area (Å²) in [5.74, 6) is 0. The van der Waals surface area contributed by atoms with E-state index in [-0.39, 0.29) is 0 Å². The van der Waals surface area contributed by atoms with Crippen LogP contribution in [0.3, 0.4) is 0 Å². The van der Waals surface area contributed by atoms with E-state index >= 15 is 0 Å². The summed E-state index contributed by atoms with van der Waals surface area (Å²) < 4.78 is 0. The molecule has 2 heteroatoms. The smallest absolute Gasteiger partial charge is 0.0519 e. The van der Waals surface area contributed by atoms with Crippen molar-refractivity contribution < 1.29 is 0 Å². The van der Waals surface area contributed by atoms with E-state index < -0.39 is 0 Å². The second kappa shape index (κ2) is 4.85. The summed E-state index contributed by atoms with van der Waals surface area (Å²) >= 11 is 0. The van der Waals surface area contributed by atoms with Crippen molar-refractivity contribution in [1.29, 1.82) is 0 Å². The number of hydrogen-bond acceptors (Lipinski definition) is 2. The first kappa shape index (κ1) is 11.9. The molecule has 0 aromatic rings. The van der Waals surface area contributed by atoms with E-state index in [1.807, 2.05) is 19.2 Å². The van der Waals surface area contributed by atoms with E-state index in [4.69, 9.17) is 0 Å². The molecular weight excluding hydrogens is 160 g/mol. The quantitative estimate of drug-likeness (QED) is 0.559. The Balaban J connectivity index is 0.000000252. The highest BCUT2D eigenvalue weighted by Gasteiger charge is 1.95. The van der Waals surface area contributed by atoms with Crippen LogP contribution in [0.2, 0.25) is 0 Å². The first-order valence-corrected chi connectivity index (χ1v) is 4.44. The highest BCUT2D eigenvalue weighted by molar-refractivity contribution is 5.72. The molecular formula is C11H20N2. The van der Waals surface area contributed by atoms with E-state index in [1.165, 1.54) is 0 Å². The maximum Gasteiger partial charge on any atom is 0.0519 e. The Morgan fingerprint density at radius 2 is 1.77 bits per heavy atom. The van der Waals surface area contributed by atoms with E-state index in [0.29, 0.717) is 5.41 Å². The van der Waals surface area contributed by atoms with Gasteiger partial charge in [-0.05, 0) is 17.6 Å². The van der Waals surface area contributed by atoms with Gasteiger partial charge in [0.05, 0.1) is 5.70 Å².